The molecule has 0 bridgehead atoms. The topological polar surface area (TPSA) is 65.1 Å². The number of benzene rings is 2. The van der Waals surface area contributed by atoms with E-state index < -0.39 is 0 Å². The Balaban J connectivity index is 1.72. The maximum absolute atomic E-state index is 12.8. The van der Waals surface area contributed by atoms with E-state index >= 15 is 0 Å². The molecule has 0 aliphatic rings. The van der Waals surface area contributed by atoms with E-state index in [2.05, 4.69) is 34.1 Å². The van der Waals surface area contributed by atoms with Gasteiger partial charge in [0, 0.05) is 27.2 Å². The molecular formula is C22H23N5O2. The summed E-state index contributed by atoms with van der Waals surface area (Å²) in [6.45, 7) is 1.93. The van der Waals surface area contributed by atoms with Crippen LogP contribution in [0.2, 0.25) is 0 Å². The third kappa shape index (κ3) is 3.77. The van der Waals surface area contributed by atoms with Crippen LogP contribution in [-0.2, 0) is 33.9 Å². The molecular weight excluding hydrogens is 366 g/mol. The largest absolute Gasteiger partial charge is 0.332 e. The number of hydrogen-bond donors (Lipinski definition) is 0. The van der Waals surface area contributed by atoms with Crippen LogP contribution in [0.3, 0.4) is 0 Å². The average Bonchev–Trinajstić information content (AvgIpc) is 3.16. The van der Waals surface area contributed by atoms with Crippen molar-refractivity contribution in [1.82, 2.24) is 23.6 Å². The Bertz CT molecular complexity index is 1200. The van der Waals surface area contributed by atoms with Gasteiger partial charge in [-0.15, -0.1) is 0 Å². The second-order valence-corrected chi connectivity index (χ2v) is 7.19. The normalized spacial score (nSPS) is 11.4. The van der Waals surface area contributed by atoms with Crippen LogP contribution in [0.1, 0.15) is 11.1 Å². The van der Waals surface area contributed by atoms with Crippen LogP contribution in [-0.4, -0.2) is 23.6 Å². The zero-order chi connectivity index (χ0) is 20.4. The minimum atomic E-state index is -0.377. The van der Waals surface area contributed by atoms with Crippen LogP contribution in [0.25, 0.3) is 11.2 Å². The van der Waals surface area contributed by atoms with Crippen LogP contribution in [0.5, 0.6) is 0 Å². The Kier molecular flexibility index (Phi) is 5.14. The molecule has 0 aliphatic carbocycles. The minimum Gasteiger partial charge on any atom is -0.311 e. The summed E-state index contributed by atoms with van der Waals surface area (Å²) in [4.78, 5) is 31.5. The van der Waals surface area contributed by atoms with E-state index in [9.17, 15) is 9.59 Å². The first-order valence-electron chi connectivity index (χ1n) is 9.45. The number of nitrogens with zero attached hydrogens (tertiary/aromatic N) is 5. The SMILES string of the molecule is Cn1c(=O)c2c(ncn2CN(Cc2ccccc2)Cc2ccccc2)n(C)c1=O. The van der Waals surface area contributed by atoms with Crippen LogP contribution < -0.4 is 11.2 Å². The molecule has 2 aromatic carbocycles. The summed E-state index contributed by atoms with van der Waals surface area (Å²) in [7, 11) is 3.13. The molecule has 4 aromatic rings. The number of imidazole rings is 1. The van der Waals surface area contributed by atoms with E-state index in [0.717, 1.165) is 17.7 Å². The van der Waals surface area contributed by atoms with Crippen molar-refractivity contribution in [2.45, 2.75) is 19.8 Å². The molecule has 7 nitrogen and oxygen atoms in total. The maximum Gasteiger partial charge on any atom is 0.332 e. The van der Waals surface area contributed by atoms with Gasteiger partial charge in [-0.05, 0) is 11.1 Å². The van der Waals surface area contributed by atoms with Crippen LogP contribution in [0, 0.1) is 0 Å². The van der Waals surface area contributed by atoms with E-state index in [1.165, 1.54) is 22.7 Å². The first kappa shape index (κ1) is 18.9. The molecule has 0 amide bonds. The fraction of sp³-hybridized carbons (Fsp3) is 0.227. The molecule has 2 aromatic heterocycles. The van der Waals surface area contributed by atoms with Gasteiger partial charge in [0.15, 0.2) is 11.2 Å². The summed E-state index contributed by atoms with van der Waals surface area (Å²) in [6.07, 6.45) is 1.63. The van der Waals surface area contributed by atoms with Crippen molar-refractivity contribution in [2.24, 2.45) is 14.1 Å². The summed E-state index contributed by atoms with van der Waals surface area (Å²) in [5.74, 6) is 0. The Labute approximate surface area is 168 Å². The fourth-order valence-corrected chi connectivity index (χ4v) is 3.56. The van der Waals surface area contributed by atoms with Crippen molar-refractivity contribution in [3.63, 3.8) is 0 Å². The molecule has 0 radical (unpaired) electrons. The molecule has 29 heavy (non-hydrogen) atoms. The van der Waals surface area contributed by atoms with Gasteiger partial charge in [0.1, 0.15) is 0 Å². The maximum atomic E-state index is 12.8. The van der Waals surface area contributed by atoms with E-state index in [0.29, 0.717) is 17.8 Å². The molecule has 2 heterocycles. The predicted molar refractivity (Wildman–Crippen MR) is 112 cm³/mol. The van der Waals surface area contributed by atoms with E-state index in [-0.39, 0.29) is 11.2 Å². The second kappa shape index (κ2) is 7.89. The number of aromatic nitrogens is 4. The minimum absolute atomic E-state index is 0.333. The fourth-order valence-electron chi connectivity index (χ4n) is 3.56. The summed E-state index contributed by atoms with van der Waals surface area (Å²) < 4.78 is 4.36. The van der Waals surface area contributed by atoms with Crippen molar-refractivity contribution >= 4 is 11.2 Å². The lowest BCUT2D eigenvalue weighted by atomic mass is 10.2. The highest BCUT2D eigenvalue weighted by atomic mass is 16.2. The van der Waals surface area contributed by atoms with Gasteiger partial charge in [0.25, 0.3) is 5.56 Å². The van der Waals surface area contributed by atoms with E-state index in [1.54, 1.807) is 13.4 Å². The van der Waals surface area contributed by atoms with Gasteiger partial charge < -0.3 is 4.57 Å². The number of aryl methyl sites for hydroxylation is 1. The van der Waals surface area contributed by atoms with Gasteiger partial charge in [0.05, 0.1) is 13.0 Å². The third-order valence-corrected chi connectivity index (χ3v) is 5.07. The number of rotatable bonds is 6. The Morgan fingerprint density at radius 1 is 0.828 bits per heavy atom. The smallest absolute Gasteiger partial charge is 0.311 e. The molecule has 0 spiro atoms. The Morgan fingerprint density at radius 2 is 1.38 bits per heavy atom. The van der Waals surface area contributed by atoms with Crippen LogP contribution >= 0.6 is 0 Å². The molecule has 0 N–H and O–H groups in total. The second-order valence-electron chi connectivity index (χ2n) is 7.19. The highest BCUT2D eigenvalue weighted by Crippen LogP contribution is 2.13. The average molecular weight is 389 g/mol. The molecule has 4 rings (SSSR count). The Morgan fingerprint density at radius 3 is 1.93 bits per heavy atom. The lowest BCUT2D eigenvalue weighted by molar-refractivity contribution is 0.203. The van der Waals surface area contributed by atoms with Crippen molar-refractivity contribution in [3.05, 3.63) is 99.0 Å². The third-order valence-electron chi connectivity index (χ3n) is 5.07. The highest BCUT2D eigenvalue weighted by Gasteiger charge is 2.16. The number of fused-ring (bicyclic) bond motifs is 1. The lowest BCUT2D eigenvalue weighted by Gasteiger charge is -2.23. The standard InChI is InChI=1S/C22H23N5O2/c1-24-20-19(21(28)25(2)22(24)29)27(15-23-20)16-26(13-17-9-5-3-6-10-17)14-18-11-7-4-8-12-18/h3-12,15H,13-14,16H2,1-2H3. The van der Waals surface area contributed by atoms with Crippen molar-refractivity contribution < 1.29 is 0 Å². The van der Waals surface area contributed by atoms with Gasteiger partial charge in [-0.3, -0.25) is 18.8 Å². The van der Waals surface area contributed by atoms with Gasteiger partial charge >= 0.3 is 5.69 Å². The lowest BCUT2D eigenvalue weighted by Crippen LogP contribution is -2.38. The van der Waals surface area contributed by atoms with Crippen LogP contribution in [0.4, 0.5) is 0 Å². The zero-order valence-electron chi connectivity index (χ0n) is 16.5. The first-order valence-corrected chi connectivity index (χ1v) is 9.45. The summed E-state index contributed by atoms with van der Waals surface area (Å²) in [5.41, 5.74) is 2.50. The molecule has 0 fully saturated rings. The summed E-state index contributed by atoms with van der Waals surface area (Å²) >= 11 is 0. The molecule has 0 unspecified atom stereocenters. The van der Waals surface area contributed by atoms with Crippen molar-refractivity contribution in [1.29, 1.82) is 0 Å². The highest BCUT2D eigenvalue weighted by molar-refractivity contribution is 5.69. The molecule has 148 valence electrons. The van der Waals surface area contributed by atoms with Crippen molar-refractivity contribution in [3.8, 4) is 0 Å². The van der Waals surface area contributed by atoms with Gasteiger partial charge in [0.2, 0.25) is 0 Å². The van der Waals surface area contributed by atoms with E-state index in [4.69, 9.17) is 0 Å². The Hall–Kier alpha value is -3.45. The van der Waals surface area contributed by atoms with E-state index in [1.807, 2.05) is 41.0 Å². The quantitative estimate of drug-likeness (QED) is 0.507. The summed E-state index contributed by atoms with van der Waals surface area (Å²) in [6, 6.07) is 20.4. The monoisotopic (exact) mass is 389 g/mol. The molecule has 0 aliphatic heterocycles. The molecule has 0 atom stereocenters. The molecule has 0 saturated carbocycles. The zero-order valence-corrected chi connectivity index (χ0v) is 16.5. The van der Waals surface area contributed by atoms with Gasteiger partial charge in [-0.25, -0.2) is 9.78 Å². The van der Waals surface area contributed by atoms with Crippen LogP contribution in [0.15, 0.2) is 76.6 Å². The first-order chi connectivity index (χ1) is 14.0. The van der Waals surface area contributed by atoms with Crippen molar-refractivity contribution in [2.75, 3.05) is 0 Å². The predicted octanol–water partition coefficient (Wildman–Crippen LogP) is 2.09. The van der Waals surface area contributed by atoms with Gasteiger partial charge in [-0.2, -0.15) is 0 Å². The number of hydrogen-bond acceptors (Lipinski definition) is 4. The summed E-state index contributed by atoms with van der Waals surface area (Å²) in [5, 5.41) is 0. The molecule has 0 saturated heterocycles. The molecule has 7 heteroatoms. The van der Waals surface area contributed by atoms with Gasteiger partial charge in [-0.1, -0.05) is 60.7 Å².